The van der Waals surface area contributed by atoms with Gasteiger partial charge in [0.2, 0.25) is 5.91 Å². The van der Waals surface area contributed by atoms with Crippen molar-refractivity contribution in [2.24, 2.45) is 5.92 Å². The van der Waals surface area contributed by atoms with Crippen LogP contribution in [0.25, 0.3) is 0 Å². The summed E-state index contributed by atoms with van der Waals surface area (Å²) in [6.45, 7) is 4.76. The molecule has 0 aliphatic rings. The van der Waals surface area contributed by atoms with Gasteiger partial charge in [-0.2, -0.15) is 0 Å². The van der Waals surface area contributed by atoms with E-state index in [0.29, 0.717) is 18.2 Å². The molecule has 0 spiro atoms. The van der Waals surface area contributed by atoms with Crippen LogP contribution in [-0.4, -0.2) is 19.0 Å². The van der Waals surface area contributed by atoms with Crippen molar-refractivity contribution in [1.29, 1.82) is 0 Å². The number of halogens is 1. The van der Waals surface area contributed by atoms with Gasteiger partial charge >= 0.3 is 0 Å². The van der Waals surface area contributed by atoms with Crippen LogP contribution in [0.5, 0.6) is 0 Å². The minimum absolute atomic E-state index is 0.0909. The van der Waals surface area contributed by atoms with Crippen LogP contribution in [0.1, 0.15) is 13.8 Å². The summed E-state index contributed by atoms with van der Waals surface area (Å²) in [5.41, 5.74) is 0.349. The van der Waals surface area contributed by atoms with Crippen molar-refractivity contribution in [2.45, 2.75) is 13.8 Å². The number of rotatable bonds is 5. The number of hydrogen-bond donors (Lipinski definition) is 2. The highest BCUT2D eigenvalue weighted by atomic mass is 19.1. The Morgan fingerprint density at radius 3 is 2.69 bits per heavy atom. The van der Waals surface area contributed by atoms with E-state index in [1.54, 1.807) is 18.2 Å². The molecule has 1 rings (SSSR count). The molecule has 0 aromatic heterocycles. The number of amides is 1. The smallest absolute Gasteiger partial charge is 0.239 e. The average molecular weight is 224 g/mol. The zero-order valence-electron chi connectivity index (χ0n) is 9.59. The Balaban J connectivity index is 2.35. The minimum atomic E-state index is -0.348. The van der Waals surface area contributed by atoms with E-state index in [1.807, 2.05) is 13.8 Å². The Labute approximate surface area is 95.0 Å². The first-order chi connectivity index (χ1) is 7.59. The topological polar surface area (TPSA) is 41.1 Å². The third-order valence-electron chi connectivity index (χ3n) is 2.02. The van der Waals surface area contributed by atoms with Gasteiger partial charge in [-0.05, 0) is 18.1 Å². The van der Waals surface area contributed by atoms with Crippen LogP contribution in [-0.2, 0) is 4.79 Å². The predicted octanol–water partition coefficient (Wildman–Crippen LogP) is 2.01. The average Bonchev–Trinajstić information content (AvgIpc) is 2.25. The van der Waals surface area contributed by atoms with Crippen molar-refractivity contribution in [3.63, 3.8) is 0 Å². The van der Waals surface area contributed by atoms with E-state index in [2.05, 4.69) is 10.6 Å². The van der Waals surface area contributed by atoms with Crippen LogP contribution in [0.3, 0.4) is 0 Å². The van der Waals surface area contributed by atoms with E-state index < -0.39 is 0 Å². The molecule has 2 N–H and O–H groups in total. The van der Waals surface area contributed by atoms with Crippen molar-refractivity contribution in [1.82, 2.24) is 5.32 Å². The van der Waals surface area contributed by atoms with Crippen molar-refractivity contribution in [3.8, 4) is 0 Å². The molecule has 0 heterocycles. The molecule has 0 bridgehead atoms. The third-order valence-corrected chi connectivity index (χ3v) is 2.02. The lowest BCUT2D eigenvalue weighted by Crippen LogP contribution is -2.32. The SMILES string of the molecule is CC(C)CNC(=O)CNc1ccccc1F. The van der Waals surface area contributed by atoms with Gasteiger partial charge in [-0.1, -0.05) is 26.0 Å². The van der Waals surface area contributed by atoms with Crippen LogP contribution in [0.2, 0.25) is 0 Å². The maximum atomic E-state index is 13.2. The molecule has 0 unspecified atom stereocenters. The summed E-state index contributed by atoms with van der Waals surface area (Å²) < 4.78 is 13.2. The van der Waals surface area contributed by atoms with Crippen LogP contribution < -0.4 is 10.6 Å². The summed E-state index contributed by atoms with van der Waals surface area (Å²) in [7, 11) is 0. The normalized spacial score (nSPS) is 10.2. The summed E-state index contributed by atoms with van der Waals surface area (Å²) >= 11 is 0. The Morgan fingerprint density at radius 1 is 1.38 bits per heavy atom. The molecule has 0 radical (unpaired) electrons. The fraction of sp³-hybridized carbons (Fsp3) is 0.417. The highest BCUT2D eigenvalue weighted by Gasteiger charge is 2.04. The highest BCUT2D eigenvalue weighted by Crippen LogP contribution is 2.11. The molecule has 0 saturated carbocycles. The maximum absolute atomic E-state index is 13.2. The van der Waals surface area contributed by atoms with Crippen LogP contribution in [0, 0.1) is 11.7 Å². The molecule has 3 nitrogen and oxygen atoms in total. The minimum Gasteiger partial charge on any atom is -0.374 e. The van der Waals surface area contributed by atoms with E-state index in [0.717, 1.165) is 0 Å². The number of hydrogen-bond acceptors (Lipinski definition) is 2. The summed E-state index contributed by atoms with van der Waals surface area (Å²) in [6.07, 6.45) is 0. The van der Waals surface area contributed by atoms with Gasteiger partial charge in [0.15, 0.2) is 0 Å². The van der Waals surface area contributed by atoms with Crippen LogP contribution in [0.15, 0.2) is 24.3 Å². The van der Waals surface area contributed by atoms with Gasteiger partial charge in [0.25, 0.3) is 0 Å². The monoisotopic (exact) mass is 224 g/mol. The van der Waals surface area contributed by atoms with E-state index in [1.165, 1.54) is 6.07 Å². The van der Waals surface area contributed by atoms with Crippen LogP contribution in [0.4, 0.5) is 10.1 Å². The van der Waals surface area contributed by atoms with Crippen molar-refractivity contribution >= 4 is 11.6 Å². The molecule has 88 valence electrons. The van der Waals surface area contributed by atoms with Gasteiger partial charge in [-0.15, -0.1) is 0 Å². The summed E-state index contributed by atoms with van der Waals surface area (Å²) in [5, 5.41) is 5.50. The van der Waals surface area contributed by atoms with Gasteiger partial charge < -0.3 is 10.6 Å². The van der Waals surface area contributed by atoms with Crippen molar-refractivity contribution < 1.29 is 9.18 Å². The first kappa shape index (κ1) is 12.5. The number of carbonyl (C=O) groups excluding carboxylic acids is 1. The lowest BCUT2D eigenvalue weighted by atomic mass is 10.2. The lowest BCUT2D eigenvalue weighted by Gasteiger charge is -2.09. The third kappa shape index (κ3) is 4.29. The second-order valence-electron chi connectivity index (χ2n) is 4.03. The second-order valence-corrected chi connectivity index (χ2v) is 4.03. The fourth-order valence-corrected chi connectivity index (χ4v) is 1.16. The molecule has 1 aromatic carbocycles. The molecule has 4 heteroatoms. The van der Waals surface area contributed by atoms with E-state index in [4.69, 9.17) is 0 Å². The van der Waals surface area contributed by atoms with Crippen LogP contribution >= 0.6 is 0 Å². The Kier molecular flexibility index (Phi) is 4.76. The van der Waals surface area contributed by atoms with E-state index >= 15 is 0 Å². The first-order valence-corrected chi connectivity index (χ1v) is 5.34. The Morgan fingerprint density at radius 2 is 2.06 bits per heavy atom. The number of para-hydroxylation sites is 1. The maximum Gasteiger partial charge on any atom is 0.239 e. The number of carbonyl (C=O) groups is 1. The molecule has 1 aromatic rings. The largest absolute Gasteiger partial charge is 0.374 e. The zero-order chi connectivity index (χ0) is 12.0. The van der Waals surface area contributed by atoms with Gasteiger partial charge in [-0.25, -0.2) is 4.39 Å². The standard InChI is InChI=1S/C12H17FN2O/c1-9(2)7-15-12(16)8-14-11-6-4-3-5-10(11)13/h3-6,9,14H,7-8H2,1-2H3,(H,15,16). The van der Waals surface area contributed by atoms with E-state index in [9.17, 15) is 9.18 Å². The Bertz CT molecular complexity index is 353. The van der Waals surface area contributed by atoms with Crippen molar-refractivity contribution in [2.75, 3.05) is 18.4 Å². The number of nitrogens with one attached hydrogen (secondary N) is 2. The number of anilines is 1. The molecular formula is C12H17FN2O. The molecule has 0 aliphatic heterocycles. The van der Waals surface area contributed by atoms with Gasteiger partial charge in [0, 0.05) is 6.54 Å². The molecule has 0 saturated heterocycles. The fourth-order valence-electron chi connectivity index (χ4n) is 1.16. The predicted molar refractivity (Wildman–Crippen MR) is 62.7 cm³/mol. The summed E-state index contributed by atoms with van der Waals surface area (Å²) in [5.74, 6) is -0.0616. The first-order valence-electron chi connectivity index (χ1n) is 5.34. The highest BCUT2D eigenvalue weighted by molar-refractivity contribution is 5.80. The molecule has 16 heavy (non-hydrogen) atoms. The molecule has 0 atom stereocenters. The summed E-state index contributed by atoms with van der Waals surface area (Å²) in [6, 6.07) is 6.29. The molecule has 0 fully saturated rings. The van der Waals surface area contributed by atoms with Gasteiger partial charge in [-0.3, -0.25) is 4.79 Å². The Hall–Kier alpha value is -1.58. The molecule has 0 aliphatic carbocycles. The van der Waals surface area contributed by atoms with Gasteiger partial charge in [0.05, 0.1) is 12.2 Å². The number of benzene rings is 1. The van der Waals surface area contributed by atoms with Crippen molar-refractivity contribution in [3.05, 3.63) is 30.1 Å². The molecular weight excluding hydrogens is 207 g/mol. The quantitative estimate of drug-likeness (QED) is 0.803. The van der Waals surface area contributed by atoms with E-state index in [-0.39, 0.29) is 18.3 Å². The summed E-state index contributed by atoms with van der Waals surface area (Å²) in [4.78, 5) is 11.3. The zero-order valence-corrected chi connectivity index (χ0v) is 9.59. The lowest BCUT2D eigenvalue weighted by molar-refractivity contribution is -0.119. The van der Waals surface area contributed by atoms with Gasteiger partial charge in [0.1, 0.15) is 5.82 Å². The molecule has 1 amide bonds. The second kappa shape index (κ2) is 6.10.